The highest BCUT2D eigenvalue weighted by molar-refractivity contribution is 7.17. The number of anilines is 1. The van der Waals surface area contributed by atoms with Crippen LogP contribution in [0.4, 0.5) is 79.6 Å². The van der Waals surface area contributed by atoms with E-state index in [1.807, 2.05) is 0 Å². The van der Waals surface area contributed by atoms with Gasteiger partial charge in [-0.25, -0.2) is 0 Å². The molecular weight excluding hydrogens is 631 g/mol. The number of nitrogens with two attached hydrogens (primary N) is 1. The van der Waals surface area contributed by atoms with Crippen molar-refractivity contribution < 1.29 is 84.2 Å². The van der Waals surface area contributed by atoms with Crippen molar-refractivity contribution in [1.82, 2.24) is 0 Å². The van der Waals surface area contributed by atoms with Gasteiger partial charge < -0.3 is 11.1 Å². The topological polar surface area (TPSA) is 72.2 Å². The minimum absolute atomic E-state index is 0.00143. The Kier molecular flexibility index (Phi) is 7.99. The molecule has 0 saturated carbocycles. The fourth-order valence-corrected chi connectivity index (χ4v) is 4.69. The van der Waals surface area contributed by atoms with Crippen LogP contribution in [0.1, 0.15) is 33.6 Å². The summed E-state index contributed by atoms with van der Waals surface area (Å²) < 4.78 is 227. The number of thiophene rings is 1. The number of carbonyl (C=O) groups excluding carboxylic acids is 2. The van der Waals surface area contributed by atoms with Crippen LogP contribution in [0, 0.1) is 0 Å². The van der Waals surface area contributed by atoms with Crippen LogP contribution in [0.3, 0.4) is 0 Å². The standard InChI is InChI=1S/C18H11F17N2O2S/c19-11(20,10(39)37-9-7(8(36)38)5-3-1-2-4-6(5)40-9)12(21,22)13(23,24)14(25,26)15(27,28)16(29,30)17(31,32)18(33,34)35/h1-4H2,(H2,36,38)(H,37,39). The van der Waals surface area contributed by atoms with Gasteiger partial charge in [-0.05, 0) is 31.2 Å². The van der Waals surface area contributed by atoms with Gasteiger partial charge in [-0.2, -0.15) is 74.6 Å². The Labute approximate surface area is 213 Å². The molecule has 0 aliphatic heterocycles. The average molecular weight is 642 g/mol. The first-order valence-corrected chi connectivity index (χ1v) is 10.8. The molecule has 0 radical (unpaired) electrons. The molecule has 2 amide bonds. The summed E-state index contributed by atoms with van der Waals surface area (Å²) in [6.07, 6.45) is -7.02. The smallest absolute Gasteiger partial charge is 0.365 e. The monoisotopic (exact) mass is 642 g/mol. The zero-order valence-corrected chi connectivity index (χ0v) is 19.4. The highest BCUT2D eigenvalue weighted by atomic mass is 32.1. The maximum Gasteiger partial charge on any atom is 0.460 e. The molecule has 22 heteroatoms. The minimum atomic E-state index is -8.80. The Balaban J connectivity index is 2.57. The summed E-state index contributed by atoms with van der Waals surface area (Å²) in [5.74, 6) is -63.8. The summed E-state index contributed by atoms with van der Waals surface area (Å²) in [5.41, 5.74) is 4.20. The molecule has 0 spiro atoms. The number of hydrogen-bond donors (Lipinski definition) is 2. The number of hydrogen-bond acceptors (Lipinski definition) is 3. The van der Waals surface area contributed by atoms with E-state index in [-0.39, 0.29) is 34.6 Å². The maximum atomic E-state index is 14.2. The molecule has 1 heterocycles. The van der Waals surface area contributed by atoms with Crippen LogP contribution in [0.15, 0.2) is 0 Å². The summed E-state index contributed by atoms with van der Waals surface area (Å²) in [7, 11) is 0. The van der Waals surface area contributed by atoms with Crippen molar-refractivity contribution in [3.05, 3.63) is 16.0 Å². The second-order valence-electron chi connectivity index (χ2n) is 8.25. The Bertz CT molecular complexity index is 1170. The quantitative estimate of drug-likeness (QED) is 0.296. The SMILES string of the molecule is NC(=O)c1c(NC(=O)C(F)(F)C(F)(F)C(F)(F)C(F)(F)C(F)(F)C(F)(F)C(F)(F)C(F)(F)F)sc2c1CCCC2. The number of amides is 2. The molecule has 0 bridgehead atoms. The number of carbonyl (C=O) groups is 2. The van der Waals surface area contributed by atoms with Gasteiger partial charge in [0.05, 0.1) is 5.56 Å². The highest BCUT2D eigenvalue weighted by Crippen LogP contribution is 2.64. The molecule has 1 aliphatic rings. The summed E-state index contributed by atoms with van der Waals surface area (Å²) in [4.78, 5) is 23.6. The molecule has 40 heavy (non-hydrogen) atoms. The molecule has 1 aromatic rings. The molecule has 0 atom stereocenters. The lowest BCUT2D eigenvalue weighted by atomic mass is 9.88. The minimum Gasteiger partial charge on any atom is -0.365 e. The first-order chi connectivity index (χ1) is 17.6. The van der Waals surface area contributed by atoms with Gasteiger partial charge >= 0.3 is 53.5 Å². The number of primary amides is 1. The third kappa shape index (κ3) is 4.43. The first kappa shape index (κ1) is 33.7. The van der Waals surface area contributed by atoms with Crippen LogP contribution in [0.5, 0.6) is 0 Å². The fraction of sp³-hybridized carbons (Fsp3) is 0.667. The summed E-state index contributed by atoms with van der Waals surface area (Å²) >= 11 is 0.215. The molecule has 0 unspecified atom stereocenters. The number of halogens is 17. The third-order valence-corrected chi connectivity index (χ3v) is 6.86. The van der Waals surface area contributed by atoms with E-state index < -0.39 is 70.0 Å². The number of rotatable bonds is 9. The molecule has 2 rings (SSSR count). The van der Waals surface area contributed by atoms with Gasteiger partial charge in [0, 0.05) is 4.88 Å². The average Bonchev–Trinajstić information content (AvgIpc) is 3.15. The van der Waals surface area contributed by atoms with Gasteiger partial charge in [0.1, 0.15) is 5.00 Å². The van der Waals surface area contributed by atoms with Crippen molar-refractivity contribution >= 4 is 28.2 Å². The maximum absolute atomic E-state index is 14.2. The summed E-state index contributed by atoms with van der Waals surface area (Å²) in [6, 6.07) is 0. The number of alkyl halides is 17. The molecule has 1 aliphatic carbocycles. The lowest BCUT2D eigenvalue weighted by molar-refractivity contribution is -0.459. The van der Waals surface area contributed by atoms with Crippen LogP contribution in [0.2, 0.25) is 0 Å². The van der Waals surface area contributed by atoms with E-state index in [1.54, 1.807) is 0 Å². The predicted octanol–water partition coefficient (Wildman–Crippen LogP) is 6.67. The molecule has 0 fully saturated rings. The van der Waals surface area contributed by atoms with Crippen molar-refractivity contribution in [2.75, 3.05) is 5.32 Å². The Morgan fingerprint density at radius 3 is 1.45 bits per heavy atom. The second kappa shape index (κ2) is 9.50. The van der Waals surface area contributed by atoms with Gasteiger partial charge in [0.2, 0.25) is 0 Å². The van der Waals surface area contributed by atoms with Crippen LogP contribution in [0.25, 0.3) is 0 Å². The summed E-state index contributed by atoms with van der Waals surface area (Å²) in [6.45, 7) is 0. The van der Waals surface area contributed by atoms with Crippen LogP contribution in [-0.2, 0) is 17.6 Å². The zero-order chi connectivity index (χ0) is 31.7. The van der Waals surface area contributed by atoms with Crippen molar-refractivity contribution in [2.45, 2.75) is 73.3 Å². The van der Waals surface area contributed by atoms with Gasteiger partial charge in [-0.15, -0.1) is 11.3 Å². The van der Waals surface area contributed by atoms with Crippen LogP contribution >= 0.6 is 11.3 Å². The largest absolute Gasteiger partial charge is 0.460 e. The lowest BCUT2D eigenvalue weighted by Crippen LogP contribution is -2.75. The van der Waals surface area contributed by atoms with E-state index in [0.29, 0.717) is 12.8 Å². The van der Waals surface area contributed by atoms with Crippen molar-refractivity contribution in [3.63, 3.8) is 0 Å². The van der Waals surface area contributed by atoms with Crippen LogP contribution < -0.4 is 11.1 Å². The second-order valence-corrected chi connectivity index (χ2v) is 9.36. The van der Waals surface area contributed by atoms with Gasteiger partial charge in [0.15, 0.2) is 0 Å². The van der Waals surface area contributed by atoms with Gasteiger partial charge in [0.25, 0.3) is 5.91 Å². The number of nitrogens with one attached hydrogen (secondary N) is 1. The fourth-order valence-electron chi connectivity index (χ4n) is 3.40. The van der Waals surface area contributed by atoms with E-state index >= 15 is 0 Å². The van der Waals surface area contributed by atoms with E-state index in [1.165, 1.54) is 0 Å². The first-order valence-electron chi connectivity index (χ1n) is 10.0. The third-order valence-electron chi connectivity index (χ3n) is 5.65. The van der Waals surface area contributed by atoms with Crippen molar-refractivity contribution in [1.29, 1.82) is 0 Å². The van der Waals surface area contributed by atoms with E-state index in [0.717, 1.165) is 5.32 Å². The predicted molar refractivity (Wildman–Crippen MR) is 98.8 cm³/mol. The Morgan fingerprint density at radius 1 is 0.625 bits per heavy atom. The number of fused-ring (bicyclic) bond motifs is 1. The Hall–Kier alpha value is -2.55. The molecule has 230 valence electrons. The van der Waals surface area contributed by atoms with Gasteiger partial charge in [-0.3, -0.25) is 9.59 Å². The molecule has 0 saturated heterocycles. The van der Waals surface area contributed by atoms with Crippen molar-refractivity contribution in [2.24, 2.45) is 5.73 Å². The highest BCUT2D eigenvalue weighted by Gasteiger charge is 2.95. The van der Waals surface area contributed by atoms with Gasteiger partial charge in [-0.1, -0.05) is 0 Å². The molecule has 4 nitrogen and oxygen atoms in total. The Morgan fingerprint density at radius 2 is 1.02 bits per heavy atom. The van der Waals surface area contributed by atoms with E-state index in [2.05, 4.69) is 0 Å². The molecule has 3 N–H and O–H groups in total. The normalized spacial score (nSPS) is 16.5. The van der Waals surface area contributed by atoms with E-state index in [4.69, 9.17) is 5.73 Å². The molecular formula is C18H11F17N2O2S. The summed E-state index contributed by atoms with van der Waals surface area (Å²) in [5, 5.41) is -0.316. The molecule has 0 aromatic carbocycles. The van der Waals surface area contributed by atoms with Crippen LogP contribution in [-0.4, -0.2) is 59.4 Å². The van der Waals surface area contributed by atoms with E-state index in [9.17, 15) is 84.2 Å². The lowest BCUT2D eigenvalue weighted by Gasteiger charge is -2.42. The van der Waals surface area contributed by atoms with Crippen molar-refractivity contribution in [3.8, 4) is 0 Å². The molecule has 1 aromatic heterocycles. The zero-order valence-electron chi connectivity index (χ0n) is 18.6. The number of aryl methyl sites for hydroxylation is 1.